The van der Waals surface area contributed by atoms with Crippen molar-refractivity contribution in [2.45, 2.75) is 24.8 Å². The first-order chi connectivity index (χ1) is 9.70. The summed E-state index contributed by atoms with van der Waals surface area (Å²) in [5.41, 5.74) is 6.54. The number of hydrogen-bond donors (Lipinski definition) is 3. The minimum Gasteiger partial charge on any atom is -0.492 e. The highest BCUT2D eigenvalue weighted by Crippen LogP contribution is 2.35. The summed E-state index contributed by atoms with van der Waals surface area (Å²) in [5, 5.41) is 14.7. The molecule has 1 heterocycles. The van der Waals surface area contributed by atoms with Gasteiger partial charge in [0.2, 0.25) is 5.91 Å². The Kier molecular flexibility index (Phi) is 3.22. The van der Waals surface area contributed by atoms with Gasteiger partial charge in [-0.3, -0.25) is 4.79 Å². The molecule has 6 nitrogen and oxygen atoms in total. The van der Waals surface area contributed by atoms with E-state index in [2.05, 4.69) is 10.5 Å². The van der Waals surface area contributed by atoms with Crippen molar-refractivity contribution in [2.24, 2.45) is 16.8 Å². The van der Waals surface area contributed by atoms with Gasteiger partial charge in [0.05, 0.1) is 6.04 Å². The third kappa shape index (κ3) is 2.29. The van der Waals surface area contributed by atoms with Crippen LogP contribution in [0.25, 0.3) is 0 Å². The Morgan fingerprint density at radius 1 is 1.45 bits per heavy atom. The van der Waals surface area contributed by atoms with Gasteiger partial charge >= 0.3 is 0 Å². The summed E-state index contributed by atoms with van der Waals surface area (Å²) in [6.07, 6.45) is 1.97. The van der Waals surface area contributed by atoms with Gasteiger partial charge in [-0.15, -0.1) is 0 Å². The third-order valence-corrected chi connectivity index (χ3v) is 3.84. The van der Waals surface area contributed by atoms with Crippen molar-refractivity contribution in [3.8, 4) is 5.75 Å². The summed E-state index contributed by atoms with van der Waals surface area (Å²) < 4.78 is 5.50. The van der Waals surface area contributed by atoms with Crippen LogP contribution in [0.5, 0.6) is 5.75 Å². The van der Waals surface area contributed by atoms with Gasteiger partial charge in [0.1, 0.15) is 18.3 Å². The van der Waals surface area contributed by atoms with Gasteiger partial charge in [0.25, 0.3) is 0 Å². The lowest BCUT2D eigenvalue weighted by Gasteiger charge is -2.19. The number of benzene rings is 1. The predicted molar refractivity (Wildman–Crippen MR) is 72.7 cm³/mol. The van der Waals surface area contributed by atoms with E-state index in [0.717, 1.165) is 24.2 Å². The number of oxime groups is 1. The van der Waals surface area contributed by atoms with Gasteiger partial charge in [-0.1, -0.05) is 23.4 Å². The van der Waals surface area contributed by atoms with Crippen LogP contribution in [-0.2, 0) is 4.79 Å². The third-order valence-electron chi connectivity index (χ3n) is 3.84. The molecule has 106 valence electrons. The number of carbonyl (C=O) groups excluding carboxylic acids is 1. The van der Waals surface area contributed by atoms with Crippen molar-refractivity contribution in [3.05, 3.63) is 29.8 Å². The molecular weight excluding hydrogens is 258 g/mol. The number of amides is 1. The molecule has 1 aliphatic heterocycles. The normalized spacial score (nSPS) is 22.8. The van der Waals surface area contributed by atoms with Gasteiger partial charge in [-0.05, 0) is 24.8 Å². The van der Waals surface area contributed by atoms with Crippen LogP contribution >= 0.6 is 0 Å². The Labute approximate surface area is 116 Å². The fraction of sp³-hybridized carbons (Fsp3) is 0.429. The van der Waals surface area contributed by atoms with Gasteiger partial charge in [0, 0.05) is 5.56 Å². The SMILES string of the molecule is NC(=NO)C(NC(=O)C1COc2ccccc21)C1CC1. The number of carbonyl (C=O) groups is 1. The minimum absolute atomic E-state index is 0.0630. The Bertz CT molecular complexity index is 554. The van der Waals surface area contributed by atoms with Crippen LogP contribution in [0.2, 0.25) is 0 Å². The standard InChI is InChI=1S/C14H17N3O3/c15-13(17-19)12(8-5-6-8)16-14(18)10-7-20-11-4-2-1-3-9(10)11/h1-4,8,10,12,19H,5-7H2,(H2,15,17)(H,16,18). The molecule has 6 heteroatoms. The van der Waals surface area contributed by atoms with Crippen molar-refractivity contribution < 1.29 is 14.7 Å². The molecule has 1 aliphatic carbocycles. The lowest BCUT2D eigenvalue weighted by Crippen LogP contribution is -2.47. The quantitative estimate of drug-likeness (QED) is 0.328. The average molecular weight is 275 g/mol. The van der Waals surface area contributed by atoms with Gasteiger partial charge < -0.3 is 21.0 Å². The summed E-state index contributed by atoms with van der Waals surface area (Å²) in [6.45, 7) is 0.332. The number of nitrogens with one attached hydrogen (secondary N) is 1. The molecule has 0 saturated heterocycles. The molecule has 20 heavy (non-hydrogen) atoms. The second-order valence-corrected chi connectivity index (χ2v) is 5.25. The zero-order chi connectivity index (χ0) is 14.1. The largest absolute Gasteiger partial charge is 0.492 e. The number of ether oxygens (including phenoxy) is 1. The van der Waals surface area contributed by atoms with Crippen LogP contribution in [-0.4, -0.2) is 29.6 Å². The molecule has 2 atom stereocenters. The molecule has 3 rings (SSSR count). The number of para-hydroxylation sites is 1. The van der Waals surface area contributed by atoms with Crippen LogP contribution in [0.1, 0.15) is 24.3 Å². The van der Waals surface area contributed by atoms with Crippen molar-refractivity contribution in [1.82, 2.24) is 5.32 Å². The molecule has 1 fully saturated rings. The maximum Gasteiger partial charge on any atom is 0.231 e. The Morgan fingerprint density at radius 3 is 2.90 bits per heavy atom. The summed E-state index contributed by atoms with van der Waals surface area (Å²) in [6, 6.07) is 7.12. The molecule has 2 aliphatic rings. The smallest absolute Gasteiger partial charge is 0.231 e. The van der Waals surface area contributed by atoms with Crippen LogP contribution < -0.4 is 15.8 Å². The Hall–Kier alpha value is -2.24. The molecule has 1 amide bonds. The second kappa shape index (κ2) is 5.03. The van der Waals surface area contributed by atoms with E-state index in [9.17, 15) is 4.79 Å². The minimum atomic E-state index is -0.389. The molecule has 2 unspecified atom stereocenters. The van der Waals surface area contributed by atoms with Crippen molar-refractivity contribution in [3.63, 3.8) is 0 Å². The molecule has 0 aromatic heterocycles. The molecule has 1 aromatic rings. The van der Waals surface area contributed by atoms with Gasteiger partial charge in [-0.25, -0.2) is 0 Å². The monoisotopic (exact) mass is 275 g/mol. The van der Waals surface area contributed by atoms with Crippen molar-refractivity contribution in [2.75, 3.05) is 6.61 Å². The average Bonchev–Trinajstić information content (AvgIpc) is 3.22. The van der Waals surface area contributed by atoms with Crippen LogP contribution in [0.3, 0.4) is 0 Å². The Balaban J connectivity index is 1.74. The van der Waals surface area contributed by atoms with E-state index < -0.39 is 0 Å². The maximum atomic E-state index is 12.4. The predicted octanol–water partition coefficient (Wildman–Crippen LogP) is 0.804. The number of fused-ring (bicyclic) bond motifs is 1. The highest BCUT2D eigenvalue weighted by atomic mass is 16.5. The van der Waals surface area contributed by atoms with Crippen molar-refractivity contribution in [1.29, 1.82) is 0 Å². The zero-order valence-corrected chi connectivity index (χ0v) is 11.0. The van der Waals surface area contributed by atoms with Gasteiger partial charge in [-0.2, -0.15) is 0 Å². The number of nitrogens with zero attached hydrogens (tertiary/aromatic N) is 1. The second-order valence-electron chi connectivity index (χ2n) is 5.25. The first kappa shape index (κ1) is 12.8. The zero-order valence-electron chi connectivity index (χ0n) is 11.0. The first-order valence-corrected chi connectivity index (χ1v) is 6.70. The number of amidine groups is 1. The lowest BCUT2D eigenvalue weighted by molar-refractivity contribution is -0.123. The summed E-state index contributed by atoms with van der Waals surface area (Å²) in [4.78, 5) is 12.4. The molecule has 0 bridgehead atoms. The van der Waals surface area contributed by atoms with Crippen LogP contribution in [0.15, 0.2) is 29.4 Å². The van der Waals surface area contributed by atoms with E-state index >= 15 is 0 Å². The highest BCUT2D eigenvalue weighted by Gasteiger charge is 2.38. The van der Waals surface area contributed by atoms with Crippen molar-refractivity contribution >= 4 is 11.7 Å². The summed E-state index contributed by atoms with van der Waals surface area (Å²) in [5.74, 6) is 0.609. The van der Waals surface area contributed by atoms with E-state index in [4.69, 9.17) is 15.7 Å². The van der Waals surface area contributed by atoms with Crippen LogP contribution in [0.4, 0.5) is 0 Å². The van der Waals surface area contributed by atoms with Crippen LogP contribution in [0, 0.1) is 5.92 Å². The van der Waals surface area contributed by atoms with E-state index in [1.165, 1.54) is 0 Å². The molecule has 0 radical (unpaired) electrons. The lowest BCUT2D eigenvalue weighted by atomic mass is 9.99. The maximum absolute atomic E-state index is 12.4. The number of rotatable bonds is 4. The number of nitrogens with two attached hydrogens (primary N) is 1. The summed E-state index contributed by atoms with van der Waals surface area (Å²) >= 11 is 0. The Morgan fingerprint density at radius 2 is 2.20 bits per heavy atom. The first-order valence-electron chi connectivity index (χ1n) is 6.70. The molecule has 0 spiro atoms. The molecule has 1 aromatic carbocycles. The fourth-order valence-corrected chi connectivity index (χ4v) is 2.56. The van der Waals surface area contributed by atoms with E-state index in [1.807, 2.05) is 24.3 Å². The number of hydrogen-bond acceptors (Lipinski definition) is 4. The summed E-state index contributed by atoms with van der Waals surface area (Å²) in [7, 11) is 0. The topological polar surface area (TPSA) is 96.9 Å². The van der Waals surface area contributed by atoms with E-state index in [1.54, 1.807) is 0 Å². The molecule has 1 saturated carbocycles. The highest BCUT2D eigenvalue weighted by molar-refractivity contribution is 5.93. The molecular formula is C14H17N3O3. The van der Waals surface area contributed by atoms with Gasteiger partial charge in [0.15, 0.2) is 5.84 Å². The fourth-order valence-electron chi connectivity index (χ4n) is 2.56. The van der Waals surface area contributed by atoms with E-state index in [-0.39, 0.29) is 29.6 Å². The molecule has 4 N–H and O–H groups in total. The van der Waals surface area contributed by atoms with E-state index in [0.29, 0.717) is 6.61 Å².